The van der Waals surface area contributed by atoms with Crippen LogP contribution in [0, 0.1) is 6.92 Å². The maximum atomic E-state index is 12.8. The Morgan fingerprint density at radius 2 is 2.16 bits per heavy atom. The van der Waals surface area contributed by atoms with Crippen molar-refractivity contribution in [1.82, 2.24) is 10.2 Å². The Kier molecular flexibility index (Phi) is 3.74. The van der Waals surface area contributed by atoms with E-state index in [1.54, 1.807) is 19.1 Å². The van der Waals surface area contributed by atoms with Crippen LogP contribution in [0.4, 0.5) is 5.13 Å². The molecule has 0 saturated carbocycles. The number of hydrogen-bond donors (Lipinski definition) is 1. The van der Waals surface area contributed by atoms with Crippen molar-refractivity contribution in [3.63, 3.8) is 0 Å². The number of aliphatic hydroxyl groups excluding tert-OH is 1. The van der Waals surface area contributed by atoms with Crippen molar-refractivity contribution < 1.29 is 19.1 Å². The van der Waals surface area contributed by atoms with Crippen LogP contribution in [-0.4, -0.2) is 27.0 Å². The van der Waals surface area contributed by atoms with E-state index in [0.717, 1.165) is 4.88 Å². The number of hydrogen-bond acceptors (Lipinski definition) is 8. The second kappa shape index (κ2) is 5.94. The van der Waals surface area contributed by atoms with E-state index < -0.39 is 23.5 Å². The van der Waals surface area contributed by atoms with Crippen molar-refractivity contribution in [2.24, 2.45) is 0 Å². The Morgan fingerprint density at radius 1 is 1.32 bits per heavy atom. The molecule has 9 heteroatoms. The fourth-order valence-corrected chi connectivity index (χ4v) is 4.21. The Balaban J connectivity index is 1.86. The fraction of sp³-hybridized carbons (Fsp3) is 0.125. The molecule has 126 valence electrons. The molecule has 0 fully saturated rings. The Morgan fingerprint density at radius 3 is 2.76 bits per heavy atom. The molecule has 0 aromatic carbocycles. The number of nitrogens with zero attached hydrogens (tertiary/aromatic N) is 3. The number of aryl methyl sites for hydroxylation is 1. The van der Waals surface area contributed by atoms with Crippen molar-refractivity contribution in [2.75, 3.05) is 4.90 Å². The number of Topliss-reactive ketones (excluding diaryl/α,β-unsaturated/α-hetero) is 1. The monoisotopic (exact) mass is 373 g/mol. The first-order chi connectivity index (χ1) is 12.1. The molecule has 3 aromatic heterocycles. The highest BCUT2D eigenvalue weighted by Gasteiger charge is 2.47. The van der Waals surface area contributed by atoms with Crippen LogP contribution in [0.3, 0.4) is 0 Å². The van der Waals surface area contributed by atoms with Crippen molar-refractivity contribution in [2.45, 2.75) is 13.0 Å². The minimum absolute atomic E-state index is 0.0183. The van der Waals surface area contributed by atoms with Crippen LogP contribution >= 0.6 is 22.7 Å². The second-order valence-electron chi connectivity index (χ2n) is 5.27. The lowest BCUT2D eigenvalue weighted by atomic mass is 10.0. The topological polar surface area (TPSA) is 96.5 Å². The summed E-state index contributed by atoms with van der Waals surface area (Å²) in [7, 11) is 0. The van der Waals surface area contributed by atoms with E-state index in [1.165, 1.54) is 39.9 Å². The number of rotatable bonds is 4. The highest BCUT2D eigenvalue weighted by atomic mass is 32.1. The summed E-state index contributed by atoms with van der Waals surface area (Å²) < 4.78 is 5.16. The van der Waals surface area contributed by atoms with E-state index in [1.807, 2.05) is 11.4 Å². The standard InChI is InChI=1S/C16H11N3O4S2/c1-8-17-18-16(25-8)19-12(10-5-3-7-24-10)11(14(21)15(19)22)13(20)9-4-2-6-23-9/h2-7,12,21H,1H3. The van der Waals surface area contributed by atoms with Gasteiger partial charge in [-0.15, -0.1) is 21.5 Å². The highest BCUT2D eigenvalue weighted by Crippen LogP contribution is 2.43. The normalized spacial score (nSPS) is 17.6. The predicted octanol–water partition coefficient (Wildman–Crippen LogP) is 3.28. The van der Waals surface area contributed by atoms with Crippen LogP contribution in [0.1, 0.15) is 26.5 Å². The van der Waals surface area contributed by atoms with Crippen LogP contribution < -0.4 is 4.90 Å². The zero-order valence-electron chi connectivity index (χ0n) is 12.9. The summed E-state index contributed by atoms with van der Waals surface area (Å²) in [6, 6.07) is 5.93. The Labute approximate surface area is 149 Å². The molecule has 0 spiro atoms. The van der Waals surface area contributed by atoms with E-state index in [-0.39, 0.29) is 11.3 Å². The van der Waals surface area contributed by atoms with E-state index >= 15 is 0 Å². The molecule has 1 aliphatic rings. The molecule has 1 unspecified atom stereocenters. The predicted molar refractivity (Wildman–Crippen MR) is 91.9 cm³/mol. The summed E-state index contributed by atoms with van der Waals surface area (Å²) in [5, 5.41) is 21.2. The molecule has 3 aromatic rings. The molecule has 4 heterocycles. The number of aromatic nitrogens is 2. The van der Waals surface area contributed by atoms with E-state index in [0.29, 0.717) is 10.1 Å². The van der Waals surface area contributed by atoms with Gasteiger partial charge in [-0.25, -0.2) is 0 Å². The number of thiophene rings is 1. The van der Waals surface area contributed by atoms with Gasteiger partial charge in [0.05, 0.1) is 11.8 Å². The molecule has 4 rings (SSSR count). The number of aliphatic hydroxyl groups is 1. The van der Waals surface area contributed by atoms with Gasteiger partial charge >= 0.3 is 0 Å². The summed E-state index contributed by atoms with van der Waals surface area (Å²) in [5.41, 5.74) is -0.0183. The number of furan rings is 1. The summed E-state index contributed by atoms with van der Waals surface area (Å²) in [5.74, 6) is -1.73. The third-order valence-corrected chi connectivity index (χ3v) is 5.49. The average Bonchev–Trinajstić information content (AvgIpc) is 3.36. The van der Waals surface area contributed by atoms with Crippen molar-refractivity contribution in [3.8, 4) is 0 Å². The van der Waals surface area contributed by atoms with Gasteiger partial charge in [0.1, 0.15) is 11.0 Å². The molecule has 1 amide bonds. The van der Waals surface area contributed by atoms with Gasteiger partial charge in [0.25, 0.3) is 5.91 Å². The molecule has 0 saturated heterocycles. The van der Waals surface area contributed by atoms with Gasteiger partial charge in [0.2, 0.25) is 10.9 Å². The molecule has 1 atom stereocenters. The molecule has 7 nitrogen and oxygen atoms in total. The zero-order valence-corrected chi connectivity index (χ0v) is 14.5. The second-order valence-corrected chi connectivity index (χ2v) is 7.40. The summed E-state index contributed by atoms with van der Waals surface area (Å²) in [4.78, 5) is 27.6. The van der Waals surface area contributed by atoms with Gasteiger partial charge < -0.3 is 9.52 Å². The van der Waals surface area contributed by atoms with Crippen molar-refractivity contribution in [3.05, 3.63) is 62.9 Å². The smallest absolute Gasteiger partial charge is 0.296 e. The van der Waals surface area contributed by atoms with Crippen LogP contribution in [0.5, 0.6) is 0 Å². The summed E-state index contributed by atoms with van der Waals surface area (Å²) in [6.07, 6.45) is 1.37. The first-order valence-corrected chi connectivity index (χ1v) is 8.96. The van der Waals surface area contributed by atoms with Crippen LogP contribution in [0.2, 0.25) is 0 Å². The SMILES string of the molecule is Cc1nnc(N2C(=O)C(O)=C(C(=O)c3ccco3)C2c2cccs2)s1. The lowest BCUT2D eigenvalue weighted by molar-refractivity contribution is -0.117. The van der Waals surface area contributed by atoms with Gasteiger partial charge in [-0.3, -0.25) is 14.5 Å². The number of carbonyl (C=O) groups excluding carboxylic acids is 2. The van der Waals surface area contributed by atoms with Crippen LogP contribution in [0.15, 0.2) is 51.7 Å². The lowest BCUT2D eigenvalue weighted by Crippen LogP contribution is -2.30. The minimum Gasteiger partial charge on any atom is -0.503 e. The Bertz CT molecular complexity index is 973. The first-order valence-electron chi connectivity index (χ1n) is 7.26. The lowest BCUT2D eigenvalue weighted by Gasteiger charge is -2.22. The van der Waals surface area contributed by atoms with Crippen LogP contribution in [-0.2, 0) is 4.79 Å². The quantitative estimate of drug-likeness (QED) is 0.705. The van der Waals surface area contributed by atoms with E-state index in [9.17, 15) is 14.7 Å². The van der Waals surface area contributed by atoms with Gasteiger partial charge in [-0.2, -0.15) is 0 Å². The van der Waals surface area contributed by atoms with Crippen molar-refractivity contribution >= 4 is 39.5 Å². The largest absolute Gasteiger partial charge is 0.503 e. The molecule has 0 bridgehead atoms. The molecule has 1 aliphatic heterocycles. The first kappa shape index (κ1) is 15.7. The number of ketones is 1. The molecule has 1 N–H and O–H groups in total. The van der Waals surface area contributed by atoms with Gasteiger partial charge in [-0.1, -0.05) is 17.4 Å². The molecule has 0 aliphatic carbocycles. The van der Waals surface area contributed by atoms with Crippen molar-refractivity contribution in [1.29, 1.82) is 0 Å². The number of carbonyl (C=O) groups is 2. The van der Waals surface area contributed by atoms with E-state index in [4.69, 9.17) is 4.42 Å². The molecule has 0 radical (unpaired) electrons. The number of amides is 1. The minimum atomic E-state index is -0.766. The molecule has 25 heavy (non-hydrogen) atoms. The third-order valence-electron chi connectivity index (χ3n) is 3.73. The highest BCUT2D eigenvalue weighted by molar-refractivity contribution is 7.15. The molecular formula is C16H11N3O4S2. The maximum absolute atomic E-state index is 12.8. The molecular weight excluding hydrogens is 362 g/mol. The van der Waals surface area contributed by atoms with Gasteiger partial charge in [-0.05, 0) is 30.5 Å². The van der Waals surface area contributed by atoms with Crippen LogP contribution in [0.25, 0.3) is 0 Å². The van der Waals surface area contributed by atoms with Gasteiger partial charge in [0, 0.05) is 4.88 Å². The summed E-state index contributed by atoms with van der Waals surface area (Å²) in [6.45, 7) is 1.77. The third kappa shape index (κ3) is 2.48. The van der Waals surface area contributed by atoms with Gasteiger partial charge in [0.15, 0.2) is 11.5 Å². The average molecular weight is 373 g/mol. The Hall–Kier alpha value is -2.78. The zero-order chi connectivity index (χ0) is 17.6. The summed E-state index contributed by atoms with van der Waals surface area (Å²) >= 11 is 2.60. The fourth-order valence-electron chi connectivity index (χ4n) is 2.67. The number of anilines is 1. The van der Waals surface area contributed by atoms with E-state index in [2.05, 4.69) is 10.2 Å². The maximum Gasteiger partial charge on any atom is 0.296 e.